The second-order valence-corrected chi connectivity index (χ2v) is 9.03. The van der Waals surface area contributed by atoms with Crippen molar-refractivity contribution < 1.29 is 19.4 Å². The van der Waals surface area contributed by atoms with Crippen LogP contribution in [-0.4, -0.2) is 60.8 Å². The largest absolute Gasteiger partial charge is 0.493 e. The Morgan fingerprint density at radius 2 is 2.00 bits per heavy atom. The SMILES string of the molecule is CN(C)c1c(C(=O)N[C@H]2CCOc3ccccc32)cnc2c(C3=CCN(C(=O)O)CC3)cccc12. The molecule has 2 N–H and O–H groups in total. The average molecular weight is 473 g/mol. The first-order valence-electron chi connectivity index (χ1n) is 11.7. The number of pyridine rings is 1. The molecular weight excluding hydrogens is 444 g/mol. The van der Waals surface area contributed by atoms with E-state index in [1.165, 1.54) is 4.90 Å². The number of carbonyl (C=O) groups is 2. The topological polar surface area (TPSA) is 95.0 Å². The maximum absolute atomic E-state index is 13.5. The van der Waals surface area contributed by atoms with Gasteiger partial charge in [0.15, 0.2) is 0 Å². The summed E-state index contributed by atoms with van der Waals surface area (Å²) < 4.78 is 5.74. The maximum atomic E-state index is 13.5. The van der Waals surface area contributed by atoms with Gasteiger partial charge in [-0.25, -0.2) is 4.79 Å². The molecule has 5 rings (SSSR count). The molecule has 0 unspecified atom stereocenters. The lowest BCUT2D eigenvalue weighted by Crippen LogP contribution is -2.33. The van der Waals surface area contributed by atoms with Crippen molar-refractivity contribution in [3.63, 3.8) is 0 Å². The number of rotatable bonds is 4. The molecule has 0 spiro atoms. The summed E-state index contributed by atoms with van der Waals surface area (Å²) in [6.07, 6.45) is 4.01. The molecule has 0 radical (unpaired) electrons. The molecule has 3 heterocycles. The van der Waals surface area contributed by atoms with Crippen LogP contribution < -0.4 is 15.0 Å². The van der Waals surface area contributed by atoms with E-state index in [9.17, 15) is 14.7 Å². The number of fused-ring (bicyclic) bond motifs is 2. The lowest BCUT2D eigenvalue weighted by atomic mass is 9.95. The normalized spacial score (nSPS) is 17.3. The smallest absolute Gasteiger partial charge is 0.407 e. The van der Waals surface area contributed by atoms with Gasteiger partial charge in [-0.15, -0.1) is 0 Å². The number of hydrogen-bond acceptors (Lipinski definition) is 5. The molecule has 180 valence electrons. The van der Waals surface area contributed by atoms with Crippen molar-refractivity contribution in [3.8, 4) is 5.75 Å². The average Bonchev–Trinajstić information content (AvgIpc) is 2.87. The lowest BCUT2D eigenvalue weighted by molar-refractivity contribution is 0.0925. The molecule has 8 heteroatoms. The molecule has 35 heavy (non-hydrogen) atoms. The van der Waals surface area contributed by atoms with Gasteiger partial charge in [-0.2, -0.15) is 0 Å². The summed E-state index contributed by atoms with van der Waals surface area (Å²) >= 11 is 0. The van der Waals surface area contributed by atoms with Crippen LogP contribution in [0.3, 0.4) is 0 Å². The van der Waals surface area contributed by atoms with Gasteiger partial charge in [0, 0.05) is 56.3 Å². The van der Waals surface area contributed by atoms with Gasteiger partial charge in [-0.3, -0.25) is 9.78 Å². The van der Waals surface area contributed by atoms with Crippen molar-refractivity contribution in [1.29, 1.82) is 0 Å². The van der Waals surface area contributed by atoms with Gasteiger partial charge < -0.3 is 25.0 Å². The van der Waals surface area contributed by atoms with Crippen LogP contribution in [0.15, 0.2) is 54.7 Å². The number of ether oxygens (including phenoxy) is 1. The van der Waals surface area contributed by atoms with Gasteiger partial charge >= 0.3 is 6.09 Å². The molecular formula is C27H28N4O4. The highest BCUT2D eigenvalue weighted by Gasteiger charge is 2.26. The van der Waals surface area contributed by atoms with Crippen molar-refractivity contribution in [1.82, 2.24) is 15.2 Å². The van der Waals surface area contributed by atoms with Crippen LogP contribution in [0.1, 0.15) is 40.4 Å². The van der Waals surface area contributed by atoms with E-state index in [1.54, 1.807) is 6.20 Å². The number of carbonyl (C=O) groups excluding carboxylic acids is 1. The standard InChI is InChI=1S/C27H28N4O4/c1-30(2)25-20-8-5-7-18(17-10-13-31(14-11-17)27(33)34)24(20)28-16-21(25)26(32)29-22-12-15-35-23-9-4-3-6-19(22)23/h3-10,16,22H,11-15H2,1-2H3,(H,29,32)(H,33,34)/t22-/m0/s1. The molecule has 0 saturated heterocycles. The maximum Gasteiger partial charge on any atom is 0.407 e. The van der Waals surface area contributed by atoms with Crippen molar-refractivity contribution in [3.05, 3.63) is 71.4 Å². The summed E-state index contributed by atoms with van der Waals surface area (Å²) in [6.45, 7) is 1.36. The molecule has 0 aliphatic carbocycles. The lowest BCUT2D eigenvalue weighted by Gasteiger charge is -2.28. The van der Waals surface area contributed by atoms with Crippen LogP contribution in [0.4, 0.5) is 10.5 Å². The van der Waals surface area contributed by atoms with Crippen LogP contribution in [0.25, 0.3) is 16.5 Å². The highest BCUT2D eigenvalue weighted by molar-refractivity contribution is 6.09. The van der Waals surface area contributed by atoms with Gasteiger partial charge in [0.1, 0.15) is 5.75 Å². The minimum Gasteiger partial charge on any atom is -0.493 e. The molecule has 0 fully saturated rings. The Bertz CT molecular complexity index is 1330. The molecule has 8 nitrogen and oxygen atoms in total. The molecule has 0 saturated carbocycles. The third kappa shape index (κ3) is 4.27. The Labute approximate surface area is 203 Å². The van der Waals surface area contributed by atoms with Crippen LogP contribution in [0.5, 0.6) is 5.75 Å². The van der Waals surface area contributed by atoms with Crippen LogP contribution >= 0.6 is 0 Å². The van der Waals surface area contributed by atoms with Gasteiger partial charge in [0.25, 0.3) is 5.91 Å². The zero-order valence-corrected chi connectivity index (χ0v) is 19.8. The van der Waals surface area contributed by atoms with Crippen LogP contribution in [0.2, 0.25) is 0 Å². The highest BCUT2D eigenvalue weighted by atomic mass is 16.5. The number of amides is 2. The van der Waals surface area contributed by atoms with Crippen molar-refractivity contribution in [2.45, 2.75) is 18.9 Å². The molecule has 3 aromatic rings. The van der Waals surface area contributed by atoms with Crippen LogP contribution in [0, 0.1) is 0 Å². The minimum absolute atomic E-state index is 0.130. The van der Waals surface area contributed by atoms with E-state index in [0.717, 1.165) is 39.0 Å². The highest BCUT2D eigenvalue weighted by Crippen LogP contribution is 2.36. The second kappa shape index (κ2) is 9.29. The van der Waals surface area contributed by atoms with Crippen molar-refractivity contribution in [2.75, 3.05) is 38.7 Å². The summed E-state index contributed by atoms with van der Waals surface area (Å²) in [7, 11) is 3.85. The van der Waals surface area contributed by atoms with Crippen LogP contribution in [-0.2, 0) is 0 Å². The second-order valence-electron chi connectivity index (χ2n) is 9.03. The minimum atomic E-state index is -0.908. The number of benzene rings is 2. The van der Waals surface area contributed by atoms with E-state index in [2.05, 4.69) is 5.32 Å². The first kappa shape index (κ1) is 22.7. The number of para-hydroxylation sites is 2. The zero-order valence-electron chi connectivity index (χ0n) is 19.8. The van der Waals surface area contributed by atoms with E-state index in [4.69, 9.17) is 9.72 Å². The summed E-state index contributed by atoms with van der Waals surface area (Å²) in [5, 5.41) is 13.3. The Morgan fingerprint density at radius 3 is 2.74 bits per heavy atom. The predicted octanol–water partition coefficient (Wildman–Crippen LogP) is 4.32. The van der Waals surface area contributed by atoms with Gasteiger partial charge in [-0.05, 0) is 18.1 Å². The first-order chi connectivity index (χ1) is 16.9. The van der Waals surface area contributed by atoms with E-state index in [0.29, 0.717) is 38.1 Å². The summed E-state index contributed by atoms with van der Waals surface area (Å²) in [4.78, 5) is 32.8. The number of carboxylic acid groups (broad SMARTS) is 1. The predicted molar refractivity (Wildman–Crippen MR) is 135 cm³/mol. The third-order valence-corrected chi connectivity index (χ3v) is 6.65. The monoisotopic (exact) mass is 472 g/mol. The van der Waals surface area contributed by atoms with E-state index < -0.39 is 6.09 Å². The Balaban J connectivity index is 1.50. The fraction of sp³-hybridized carbons (Fsp3) is 0.296. The van der Waals surface area contributed by atoms with Gasteiger partial charge in [-0.1, -0.05) is 42.5 Å². The molecule has 0 bridgehead atoms. The molecule has 2 aliphatic heterocycles. The Hall–Kier alpha value is -4.07. The fourth-order valence-electron chi connectivity index (χ4n) is 4.93. The van der Waals surface area contributed by atoms with Crippen molar-refractivity contribution in [2.24, 2.45) is 0 Å². The third-order valence-electron chi connectivity index (χ3n) is 6.65. The molecule has 1 atom stereocenters. The number of hydrogen-bond donors (Lipinski definition) is 2. The number of nitrogens with zero attached hydrogens (tertiary/aromatic N) is 3. The van der Waals surface area contributed by atoms with Crippen molar-refractivity contribution >= 4 is 34.2 Å². The van der Waals surface area contributed by atoms with Gasteiger partial charge in [0.2, 0.25) is 0 Å². The summed E-state index contributed by atoms with van der Waals surface area (Å²) in [6, 6.07) is 13.6. The molecule has 1 aromatic heterocycles. The van der Waals surface area contributed by atoms with E-state index in [1.807, 2.05) is 67.5 Å². The van der Waals surface area contributed by atoms with E-state index in [-0.39, 0.29) is 11.9 Å². The quantitative estimate of drug-likeness (QED) is 0.587. The first-order valence-corrected chi connectivity index (χ1v) is 11.7. The fourth-order valence-corrected chi connectivity index (χ4v) is 4.93. The summed E-state index contributed by atoms with van der Waals surface area (Å²) in [5.41, 5.74) is 5.15. The Morgan fingerprint density at radius 1 is 1.17 bits per heavy atom. The van der Waals surface area contributed by atoms with Gasteiger partial charge in [0.05, 0.1) is 29.4 Å². The number of nitrogens with one attached hydrogen (secondary N) is 1. The van der Waals surface area contributed by atoms with E-state index >= 15 is 0 Å². The molecule has 2 aromatic carbocycles. The number of anilines is 1. The zero-order chi connectivity index (χ0) is 24.5. The molecule has 2 amide bonds. The summed E-state index contributed by atoms with van der Waals surface area (Å²) in [5.74, 6) is 0.629. The number of aromatic nitrogens is 1. The molecule has 2 aliphatic rings. The Kier molecular flexibility index (Phi) is 6.03.